The second-order valence-electron chi connectivity index (χ2n) is 5.28. The SMILES string of the molecule is CC(C)CC(C)(CN)Nc1ccnc(C(N)=O)c1. The fourth-order valence-electron chi connectivity index (χ4n) is 2.08. The van der Waals surface area contributed by atoms with Gasteiger partial charge in [-0.05, 0) is 31.4 Å². The molecule has 5 heteroatoms. The summed E-state index contributed by atoms with van der Waals surface area (Å²) in [5, 5.41) is 3.36. The van der Waals surface area contributed by atoms with Crippen LogP contribution in [0, 0.1) is 5.92 Å². The number of nitrogens with one attached hydrogen (secondary N) is 1. The van der Waals surface area contributed by atoms with E-state index in [1.807, 2.05) is 0 Å². The van der Waals surface area contributed by atoms with E-state index in [9.17, 15) is 4.79 Å². The first-order chi connectivity index (χ1) is 8.36. The van der Waals surface area contributed by atoms with Crippen LogP contribution in [0.2, 0.25) is 0 Å². The highest BCUT2D eigenvalue weighted by molar-refractivity contribution is 5.91. The Labute approximate surface area is 108 Å². The lowest BCUT2D eigenvalue weighted by atomic mass is 9.90. The first kappa shape index (κ1) is 14.4. The van der Waals surface area contributed by atoms with Crippen LogP contribution < -0.4 is 16.8 Å². The smallest absolute Gasteiger partial charge is 0.267 e. The van der Waals surface area contributed by atoms with E-state index in [0.29, 0.717) is 12.5 Å². The molecule has 0 aliphatic carbocycles. The van der Waals surface area contributed by atoms with Gasteiger partial charge in [-0.3, -0.25) is 9.78 Å². The van der Waals surface area contributed by atoms with E-state index in [4.69, 9.17) is 11.5 Å². The normalized spacial score (nSPS) is 14.3. The molecule has 0 aliphatic heterocycles. The van der Waals surface area contributed by atoms with Crippen molar-refractivity contribution in [2.24, 2.45) is 17.4 Å². The van der Waals surface area contributed by atoms with Crippen molar-refractivity contribution in [2.75, 3.05) is 11.9 Å². The van der Waals surface area contributed by atoms with Crippen molar-refractivity contribution in [3.8, 4) is 0 Å². The zero-order chi connectivity index (χ0) is 13.8. The number of nitrogens with zero attached hydrogens (tertiary/aromatic N) is 1. The number of aromatic nitrogens is 1. The maximum atomic E-state index is 11.1. The zero-order valence-corrected chi connectivity index (χ0v) is 11.2. The molecular formula is C13H22N4O. The highest BCUT2D eigenvalue weighted by Crippen LogP contribution is 2.21. The number of carbonyl (C=O) groups excluding carboxylic acids is 1. The molecule has 1 aromatic heterocycles. The number of anilines is 1. The Morgan fingerprint density at radius 1 is 1.56 bits per heavy atom. The average Bonchev–Trinajstić information content (AvgIpc) is 2.28. The number of amides is 1. The largest absolute Gasteiger partial charge is 0.378 e. The molecule has 0 saturated heterocycles. The molecule has 1 heterocycles. The fraction of sp³-hybridized carbons (Fsp3) is 0.538. The van der Waals surface area contributed by atoms with E-state index in [1.54, 1.807) is 18.3 Å². The Hall–Kier alpha value is -1.62. The molecule has 1 aromatic rings. The van der Waals surface area contributed by atoms with Crippen molar-refractivity contribution in [1.29, 1.82) is 0 Å². The van der Waals surface area contributed by atoms with E-state index < -0.39 is 5.91 Å². The molecule has 0 bridgehead atoms. The minimum Gasteiger partial charge on any atom is -0.378 e. The number of primary amides is 1. The summed E-state index contributed by atoms with van der Waals surface area (Å²) in [5.41, 5.74) is 11.9. The average molecular weight is 250 g/mol. The number of pyridine rings is 1. The number of hydrogen-bond acceptors (Lipinski definition) is 4. The van der Waals surface area contributed by atoms with Crippen LogP contribution in [0.5, 0.6) is 0 Å². The van der Waals surface area contributed by atoms with Gasteiger partial charge in [-0.25, -0.2) is 0 Å². The summed E-state index contributed by atoms with van der Waals surface area (Å²) in [6, 6.07) is 3.46. The molecular weight excluding hydrogens is 228 g/mol. The predicted molar refractivity (Wildman–Crippen MR) is 73.3 cm³/mol. The van der Waals surface area contributed by atoms with Gasteiger partial charge in [0.05, 0.1) is 0 Å². The molecule has 0 saturated carbocycles. The number of nitrogens with two attached hydrogens (primary N) is 2. The molecule has 100 valence electrons. The lowest BCUT2D eigenvalue weighted by Crippen LogP contribution is -2.43. The van der Waals surface area contributed by atoms with Gasteiger partial charge >= 0.3 is 0 Å². The Morgan fingerprint density at radius 3 is 2.72 bits per heavy atom. The number of carbonyl (C=O) groups is 1. The summed E-state index contributed by atoms with van der Waals surface area (Å²) < 4.78 is 0. The standard InChI is InChI=1S/C13H22N4O/c1-9(2)7-13(3,8-14)17-10-4-5-16-11(6-10)12(15)18/h4-6,9H,7-8,14H2,1-3H3,(H2,15,18)(H,16,17). The first-order valence-electron chi connectivity index (χ1n) is 6.10. The van der Waals surface area contributed by atoms with Crippen LogP contribution in [0.15, 0.2) is 18.3 Å². The second kappa shape index (κ2) is 5.82. The van der Waals surface area contributed by atoms with Crippen LogP contribution in [0.4, 0.5) is 5.69 Å². The van der Waals surface area contributed by atoms with E-state index >= 15 is 0 Å². The van der Waals surface area contributed by atoms with Crippen LogP contribution in [-0.4, -0.2) is 23.0 Å². The van der Waals surface area contributed by atoms with Gasteiger partial charge in [0.25, 0.3) is 5.91 Å². The van der Waals surface area contributed by atoms with Crippen LogP contribution in [-0.2, 0) is 0 Å². The summed E-state index contributed by atoms with van der Waals surface area (Å²) >= 11 is 0. The van der Waals surface area contributed by atoms with Gasteiger partial charge in [0, 0.05) is 24.0 Å². The van der Waals surface area contributed by atoms with Gasteiger partial charge in [0.1, 0.15) is 5.69 Å². The quantitative estimate of drug-likeness (QED) is 0.710. The van der Waals surface area contributed by atoms with E-state index in [2.05, 4.69) is 31.1 Å². The van der Waals surface area contributed by atoms with Crippen LogP contribution >= 0.6 is 0 Å². The maximum absolute atomic E-state index is 11.1. The Kier molecular flexibility index (Phi) is 4.67. The fourth-order valence-corrected chi connectivity index (χ4v) is 2.08. The molecule has 0 radical (unpaired) electrons. The molecule has 1 amide bonds. The monoisotopic (exact) mass is 250 g/mol. The predicted octanol–water partition coefficient (Wildman–Crippen LogP) is 1.36. The van der Waals surface area contributed by atoms with Gasteiger partial charge in [-0.1, -0.05) is 13.8 Å². The minimum absolute atomic E-state index is 0.204. The molecule has 0 spiro atoms. The lowest BCUT2D eigenvalue weighted by Gasteiger charge is -2.32. The molecule has 0 aromatic carbocycles. The van der Waals surface area contributed by atoms with Crippen molar-refractivity contribution in [2.45, 2.75) is 32.7 Å². The molecule has 0 fully saturated rings. The highest BCUT2D eigenvalue weighted by atomic mass is 16.1. The van der Waals surface area contributed by atoms with Gasteiger partial charge in [0.2, 0.25) is 0 Å². The Balaban J connectivity index is 2.87. The summed E-state index contributed by atoms with van der Waals surface area (Å²) in [6.45, 7) is 6.88. The third-order valence-corrected chi connectivity index (χ3v) is 2.77. The molecule has 0 aliphatic rings. The number of rotatable bonds is 6. The lowest BCUT2D eigenvalue weighted by molar-refractivity contribution is 0.0995. The highest BCUT2D eigenvalue weighted by Gasteiger charge is 2.23. The second-order valence-corrected chi connectivity index (χ2v) is 5.28. The number of hydrogen-bond donors (Lipinski definition) is 3. The van der Waals surface area contributed by atoms with Crippen molar-refractivity contribution in [3.05, 3.63) is 24.0 Å². The third-order valence-electron chi connectivity index (χ3n) is 2.77. The summed E-state index contributed by atoms with van der Waals surface area (Å²) in [5.74, 6) is 0.000425. The van der Waals surface area contributed by atoms with Crippen molar-refractivity contribution in [3.63, 3.8) is 0 Å². The Morgan fingerprint density at radius 2 is 2.22 bits per heavy atom. The third kappa shape index (κ3) is 4.00. The molecule has 5 N–H and O–H groups in total. The topological polar surface area (TPSA) is 94.0 Å². The van der Waals surface area contributed by atoms with Crippen molar-refractivity contribution < 1.29 is 4.79 Å². The molecule has 1 unspecified atom stereocenters. The summed E-state index contributed by atoms with van der Waals surface area (Å²) in [7, 11) is 0. The van der Waals surface area contributed by atoms with Crippen LogP contribution in [0.1, 0.15) is 37.7 Å². The first-order valence-corrected chi connectivity index (χ1v) is 6.10. The zero-order valence-electron chi connectivity index (χ0n) is 11.2. The molecule has 1 atom stereocenters. The maximum Gasteiger partial charge on any atom is 0.267 e. The van der Waals surface area contributed by atoms with Crippen molar-refractivity contribution >= 4 is 11.6 Å². The van der Waals surface area contributed by atoms with Gasteiger partial charge in [0.15, 0.2) is 0 Å². The van der Waals surface area contributed by atoms with Gasteiger partial charge in [-0.15, -0.1) is 0 Å². The van der Waals surface area contributed by atoms with Gasteiger partial charge < -0.3 is 16.8 Å². The van der Waals surface area contributed by atoms with Crippen LogP contribution in [0.3, 0.4) is 0 Å². The molecule has 18 heavy (non-hydrogen) atoms. The van der Waals surface area contributed by atoms with E-state index in [-0.39, 0.29) is 11.2 Å². The molecule has 5 nitrogen and oxygen atoms in total. The Bertz CT molecular complexity index is 419. The summed E-state index contributed by atoms with van der Waals surface area (Å²) in [6.07, 6.45) is 2.51. The van der Waals surface area contributed by atoms with Crippen LogP contribution in [0.25, 0.3) is 0 Å². The summed E-state index contributed by atoms with van der Waals surface area (Å²) in [4.78, 5) is 15.0. The molecule has 1 rings (SSSR count). The van der Waals surface area contributed by atoms with Crippen molar-refractivity contribution in [1.82, 2.24) is 4.98 Å². The van der Waals surface area contributed by atoms with E-state index in [0.717, 1.165) is 12.1 Å². The van der Waals surface area contributed by atoms with E-state index in [1.165, 1.54) is 0 Å². The van der Waals surface area contributed by atoms with Gasteiger partial charge in [-0.2, -0.15) is 0 Å². The minimum atomic E-state index is -0.531.